The molecule has 1 saturated carbocycles. The molecule has 1 N–H and O–H groups in total. The lowest BCUT2D eigenvalue weighted by Crippen LogP contribution is -2.42. The molecule has 0 saturated heterocycles. The van der Waals surface area contributed by atoms with E-state index < -0.39 is 6.04 Å². The zero-order valence-corrected chi connectivity index (χ0v) is 20.6. The summed E-state index contributed by atoms with van der Waals surface area (Å²) in [7, 11) is 0. The highest BCUT2D eigenvalue weighted by Gasteiger charge is 2.33. The number of carbonyl (C=O) groups is 2. The van der Waals surface area contributed by atoms with Crippen molar-refractivity contribution in [3.8, 4) is 5.75 Å². The van der Waals surface area contributed by atoms with Gasteiger partial charge in [0.25, 0.3) is 5.91 Å². The smallest absolute Gasteiger partial charge is 0.287 e. The molecule has 2 aliphatic rings. The van der Waals surface area contributed by atoms with E-state index in [0.717, 1.165) is 23.1 Å². The van der Waals surface area contributed by atoms with Crippen molar-refractivity contribution in [2.45, 2.75) is 45.8 Å². The highest BCUT2D eigenvalue weighted by molar-refractivity contribution is 5.91. The lowest BCUT2D eigenvalue weighted by atomic mass is 9.87. The first-order chi connectivity index (χ1) is 17.4. The van der Waals surface area contributed by atoms with Gasteiger partial charge in [-0.15, -0.1) is 0 Å². The molecule has 6 nitrogen and oxygen atoms in total. The van der Waals surface area contributed by atoms with Crippen LogP contribution in [0.2, 0.25) is 0 Å². The quantitative estimate of drug-likeness (QED) is 0.467. The molecule has 0 bridgehead atoms. The first-order valence-corrected chi connectivity index (χ1v) is 12.6. The molecule has 0 unspecified atom stereocenters. The molecular weight excluding hydrogens is 459 g/mol. The largest absolute Gasteiger partial charge is 0.486 e. The van der Waals surface area contributed by atoms with Crippen LogP contribution >= 0.6 is 0 Å². The number of benzene rings is 2. The van der Waals surface area contributed by atoms with Gasteiger partial charge in [0.05, 0.1) is 6.04 Å². The number of ether oxygens (including phenoxy) is 1. The summed E-state index contributed by atoms with van der Waals surface area (Å²) in [6.07, 6.45) is 3.06. The summed E-state index contributed by atoms with van der Waals surface area (Å²) in [5, 5.41) is 2.90. The van der Waals surface area contributed by atoms with Crippen LogP contribution in [0.4, 0.5) is 4.39 Å². The average Bonchev–Trinajstić information content (AvgIpc) is 3.59. The molecule has 7 heteroatoms. The molecule has 2 aromatic carbocycles. The summed E-state index contributed by atoms with van der Waals surface area (Å²) in [6, 6.07) is 15.3. The van der Waals surface area contributed by atoms with Crippen molar-refractivity contribution in [1.29, 1.82) is 0 Å². The Kier molecular flexibility index (Phi) is 6.81. The van der Waals surface area contributed by atoms with E-state index in [1.807, 2.05) is 43.0 Å². The van der Waals surface area contributed by atoms with Crippen LogP contribution in [0.15, 0.2) is 59.0 Å². The Morgan fingerprint density at radius 3 is 2.72 bits per heavy atom. The number of rotatable bonds is 8. The zero-order valence-electron chi connectivity index (χ0n) is 20.6. The molecule has 1 aromatic heterocycles. The molecular formula is C29H31FN2O4. The second-order valence-electron chi connectivity index (χ2n) is 9.96. The Hall–Kier alpha value is -3.61. The minimum absolute atomic E-state index is 0.0318. The predicted molar refractivity (Wildman–Crippen MR) is 133 cm³/mol. The second-order valence-corrected chi connectivity index (χ2v) is 9.96. The molecule has 2 heterocycles. The van der Waals surface area contributed by atoms with Crippen molar-refractivity contribution >= 4 is 11.8 Å². The first kappa shape index (κ1) is 24.1. The summed E-state index contributed by atoms with van der Waals surface area (Å²) in [6.45, 7) is 5.17. The molecule has 0 spiro atoms. The minimum Gasteiger partial charge on any atom is -0.486 e. The van der Waals surface area contributed by atoms with Gasteiger partial charge in [0.2, 0.25) is 5.91 Å². The normalized spacial score (nSPS) is 17.1. The molecule has 3 aromatic rings. The summed E-state index contributed by atoms with van der Waals surface area (Å²) in [4.78, 5) is 27.2. The Bertz CT molecular complexity index is 1260. The molecule has 0 radical (unpaired) electrons. The Labute approximate surface area is 210 Å². The molecule has 188 valence electrons. The number of hydrogen-bond acceptors (Lipinski definition) is 4. The van der Waals surface area contributed by atoms with Crippen molar-refractivity contribution in [3.63, 3.8) is 0 Å². The summed E-state index contributed by atoms with van der Waals surface area (Å²) in [5.74, 6) is 1.34. The van der Waals surface area contributed by atoms with Crippen molar-refractivity contribution < 1.29 is 23.1 Å². The number of nitrogens with one attached hydrogen (secondary N) is 1. The van der Waals surface area contributed by atoms with Gasteiger partial charge in [-0.25, -0.2) is 4.39 Å². The fourth-order valence-electron chi connectivity index (χ4n) is 4.67. The van der Waals surface area contributed by atoms with Gasteiger partial charge in [-0.3, -0.25) is 9.59 Å². The van der Waals surface area contributed by atoms with Crippen LogP contribution in [-0.4, -0.2) is 29.8 Å². The number of carbonyl (C=O) groups excluding carboxylic acids is 2. The number of furan rings is 1. The van der Waals surface area contributed by atoms with E-state index in [2.05, 4.69) is 5.32 Å². The van der Waals surface area contributed by atoms with Gasteiger partial charge < -0.3 is 19.4 Å². The first-order valence-electron chi connectivity index (χ1n) is 12.6. The van der Waals surface area contributed by atoms with E-state index in [1.54, 1.807) is 18.2 Å². The highest BCUT2D eigenvalue weighted by Crippen LogP contribution is 2.38. The van der Waals surface area contributed by atoms with E-state index in [0.29, 0.717) is 30.5 Å². The predicted octanol–water partition coefficient (Wildman–Crippen LogP) is 5.27. The molecule has 36 heavy (non-hydrogen) atoms. The van der Waals surface area contributed by atoms with Crippen molar-refractivity contribution in [2.24, 2.45) is 11.8 Å². The number of fused-ring (bicyclic) bond motifs is 1. The third-order valence-corrected chi connectivity index (χ3v) is 6.80. The molecule has 1 fully saturated rings. The van der Waals surface area contributed by atoms with Crippen LogP contribution in [0.25, 0.3) is 0 Å². The van der Waals surface area contributed by atoms with Crippen molar-refractivity contribution in [1.82, 2.24) is 10.2 Å². The topological polar surface area (TPSA) is 71.8 Å². The third kappa shape index (κ3) is 5.30. The molecule has 5 rings (SSSR count). The van der Waals surface area contributed by atoms with Gasteiger partial charge in [-0.2, -0.15) is 0 Å². The summed E-state index contributed by atoms with van der Waals surface area (Å²) >= 11 is 0. The van der Waals surface area contributed by atoms with Gasteiger partial charge in [0.1, 0.15) is 23.9 Å². The average molecular weight is 491 g/mol. The standard InChI is InChI=1S/C29H31FN2O4/c1-18(2)29(34)32-13-12-20-8-9-23(15-25(20)27(32)21-4-3-5-22(30)14-21)35-17-24-10-11-26(36-24)28(33)31-16-19-6-7-19/h3-5,8-11,14-15,18-19,27H,6-7,12-13,16-17H2,1-2H3,(H,31,33)/t27-/m0/s1. The number of halogens is 1. The van der Waals surface area contributed by atoms with E-state index in [1.165, 1.54) is 25.0 Å². The van der Waals surface area contributed by atoms with Crippen LogP contribution in [-0.2, 0) is 17.8 Å². The molecule has 1 aliphatic heterocycles. The number of hydrogen-bond donors (Lipinski definition) is 1. The number of nitrogens with zero attached hydrogens (tertiary/aromatic N) is 1. The van der Waals surface area contributed by atoms with Gasteiger partial charge in [-0.05, 0) is 78.3 Å². The Morgan fingerprint density at radius 1 is 1.14 bits per heavy atom. The van der Waals surface area contributed by atoms with E-state index in [9.17, 15) is 14.0 Å². The van der Waals surface area contributed by atoms with Crippen molar-refractivity contribution in [3.05, 3.63) is 88.6 Å². The molecule has 1 atom stereocenters. The minimum atomic E-state index is -0.395. The van der Waals surface area contributed by atoms with Crippen LogP contribution in [0.3, 0.4) is 0 Å². The Morgan fingerprint density at radius 2 is 1.97 bits per heavy atom. The van der Waals surface area contributed by atoms with E-state index in [-0.39, 0.29) is 35.9 Å². The van der Waals surface area contributed by atoms with Gasteiger partial charge >= 0.3 is 0 Å². The highest BCUT2D eigenvalue weighted by atomic mass is 19.1. The lowest BCUT2D eigenvalue weighted by molar-refractivity contribution is -0.136. The van der Waals surface area contributed by atoms with Crippen LogP contribution in [0.1, 0.15) is 65.7 Å². The SMILES string of the molecule is CC(C)C(=O)N1CCc2ccc(OCc3ccc(C(=O)NCC4CC4)o3)cc2[C@@H]1c1cccc(F)c1. The van der Waals surface area contributed by atoms with Gasteiger partial charge in [0, 0.05) is 19.0 Å². The van der Waals surface area contributed by atoms with Crippen LogP contribution < -0.4 is 10.1 Å². The van der Waals surface area contributed by atoms with E-state index in [4.69, 9.17) is 9.15 Å². The van der Waals surface area contributed by atoms with E-state index >= 15 is 0 Å². The zero-order chi connectivity index (χ0) is 25.2. The summed E-state index contributed by atoms with van der Waals surface area (Å²) < 4.78 is 25.8. The lowest BCUT2D eigenvalue weighted by Gasteiger charge is -2.39. The third-order valence-electron chi connectivity index (χ3n) is 6.80. The molecule has 2 amide bonds. The fraction of sp³-hybridized carbons (Fsp3) is 0.379. The monoisotopic (exact) mass is 490 g/mol. The van der Waals surface area contributed by atoms with Crippen LogP contribution in [0, 0.1) is 17.7 Å². The van der Waals surface area contributed by atoms with Crippen molar-refractivity contribution in [2.75, 3.05) is 13.1 Å². The maximum atomic E-state index is 14.2. The van der Waals surface area contributed by atoms with Crippen LogP contribution in [0.5, 0.6) is 5.75 Å². The maximum Gasteiger partial charge on any atom is 0.287 e. The summed E-state index contributed by atoms with van der Waals surface area (Å²) in [5.41, 5.74) is 2.77. The number of amides is 2. The fourth-order valence-corrected chi connectivity index (χ4v) is 4.67. The van der Waals surface area contributed by atoms with Gasteiger partial charge in [-0.1, -0.05) is 32.0 Å². The second kappa shape index (κ2) is 10.2. The molecule has 1 aliphatic carbocycles. The van der Waals surface area contributed by atoms with Gasteiger partial charge in [0.15, 0.2) is 5.76 Å². The Balaban J connectivity index is 1.35. The maximum absolute atomic E-state index is 14.2.